The summed E-state index contributed by atoms with van der Waals surface area (Å²) in [5.74, 6) is 0.738. The van der Waals surface area contributed by atoms with Crippen LogP contribution in [0.15, 0.2) is 12.3 Å². The van der Waals surface area contributed by atoms with E-state index in [0.717, 1.165) is 38.2 Å². The largest absolute Gasteiger partial charge is 0.354 e. The van der Waals surface area contributed by atoms with Gasteiger partial charge in [-0.25, -0.2) is 0 Å². The molecule has 106 valence electrons. The summed E-state index contributed by atoms with van der Waals surface area (Å²) >= 11 is 0. The Kier molecular flexibility index (Phi) is 4.96. The molecule has 5 nitrogen and oxygen atoms in total. The van der Waals surface area contributed by atoms with Crippen molar-refractivity contribution in [1.29, 1.82) is 0 Å². The van der Waals surface area contributed by atoms with Gasteiger partial charge in [-0.1, -0.05) is 0 Å². The van der Waals surface area contributed by atoms with Crippen LogP contribution in [0.5, 0.6) is 0 Å². The maximum absolute atomic E-state index is 11.9. The summed E-state index contributed by atoms with van der Waals surface area (Å²) in [6, 6.07) is 1.97. The fourth-order valence-corrected chi connectivity index (χ4v) is 2.53. The van der Waals surface area contributed by atoms with Crippen LogP contribution in [0.25, 0.3) is 0 Å². The van der Waals surface area contributed by atoms with Crippen LogP contribution in [0, 0.1) is 12.8 Å². The standard InChI is InChI=1S/C14H24N4O/c1-12-3-6-16-18(12)10-7-15-14(19)11-13-4-8-17(2)9-5-13/h3,6,13H,4-5,7-11H2,1-2H3,(H,15,19). The zero-order chi connectivity index (χ0) is 13.7. The molecule has 1 fully saturated rings. The molecule has 0 aliphatic carbocycles. The molecule has 19 heavy (non-hydrogen) atoms. The minimum atomic E-state index is 0.180. The number of aromatic nitrogens is 2. The van der Waals surface area contributed by atoms with E-state index in [0.29, 0.717) is 18.9 Å². The number of carbonyl (C=O) groups is 1. The summed E-state index contributed by atoms with van der Waals surface area (Å²) in [7, 11) is 2.14. The highest BCUT2D eigenvalue weighted by Crippen LogP contribution is 2.19. The number of nitrogens with zero attached hydrogens (tertiary/aromatic N) is 3. The number of nitrogens with one attached hydrogen (secondary N) is 1. The molecular formula is C14H24N4O. The molecule has 5 heteroatoms. The average molecular weight is 264 g/mol. The van der Waals surface area contributed by atoms with Crippen molar-refractivity contribution in [3.8, 4) is 0 Å². The second-order valence-electron chi connectivity index (χ2n) is 5.50. The van der Waals surface area contributed by atoms with Gasteiger partial charge in [0.2, 0.25) is 5.91 Å². The third-order valence-electron chi connectivity index (χ3n) is 3.89. The maximum Gasteiger partial charge on any atom is 0.220 e. The molecule has 1 aliphatic rings. The smallest absolute Gasteiger partial charge is 0.220 e. The van der Waals surface area contributed by atoms with Gasteiger partial charge in [-0.2, -0.15) is 5.10 Å². The summed E-state index contributed by atoms with van der Waals surface area (Å²) in [6.07, 6.45) is 4.74. The Morgan fingerprint density at radius 1 is 1.47 bits per heavy atom. The zero-order valence-corrected chi connectivity index (χ0v) is 11.9. The molecule has 0 atom stereocenters. The van der Waals surface area contributed by atoms with Gasteiger partial charge in [0.05, 0.1) is 6.54 Å². The minimum absolute atomic E-state index is 0.180. The Morgan fingerprint density at radius 2 is 2.21 bits per heavy atom. The highest BCUT2D eigenvalue weighted by atomic mass is 16.1. The Labute approximate surface area is 115 Å². The van der Waals surface area contributed by atoms with Gasteiger partial charge < -0.3 is 10.2 Å². The van der Waals surface area contributed by atoms with Crippen LogP contribution in [0.3, 0.4) is 0 Å². The van der Waals surface area contributed by atoms with E-state index in [2.05, 4.69) is 22.4 Å². The van der Waals surface area contributed by atoms with E-state index in [9.17, 15) is 4.79 Å². The van der Waals surface area contributed by atoms with Crippen molar-refractivity contribution < 1.29 is 4.79 Å². The lowest BCUT2D eigenvalue weighted by Crippen LogP contribution is -2.34. The van der Waals surface area contributed by atoms with E-state index in [-0.39, 0.29) is 5.91 Å². The first-order valence-electron chi connectivity index (χ1n) is 7.09. The first-order chi connectivity index (χ1) is 9.15. The minimum Gasteiger partial charge on any atom is -0.354 e. The van der Waals surface area contributed by atoms with Crippen LogP contribution >= 0.6 is 0 Å². The Morgan fingerprint density at radius 3 is 2.84 bits per heavy atom. The third-order valence-corrected chi connectivity index (χ3v) is 3.89. The van der Waals surface area contributed by atoms with Gasteiger partial charge >= 0.3 is 0 Å². The molecule has 1 N–H and O–H groups in total. The molecule has 2 heterocycles. The molecule has 1 amide bonds. The maximum atomic E-state index is 11.9. The summed E-state index contributed by atoms with van der Waals surface area (Å²) in [5.41, 5.74) is 1.13. The van der Waals surface area contributed by atoms with E-state index in [1.165, 1.54) is 0 Å². The van der Waals surface area contributed by atoms with Gasteiger partial charge in [-0.15, -0.1) is 0 Å². The van der Waals surface area contributed by atoms with Crippen LogP contribution in [-0.2, 0) is 11.3 Å². The van der Waals surface area contributed by atoms with Gasteiger partial charge in [0.25, 0.3) is 0 Å². The lowest BCUT2D eigenvalue weighted by molar-refractivity contribution is -0.122. The average Bonchev–Trinajstić information content (AvgIpc) is 2.78. The van der Waals surface area contributed by atoms with Crippen molar-refractivity contribution in [2.45, 2.75) is 32.7 Å². The first kappa shape index (κ1) is 14.1. The van der Waals surface area contributed by atoms with Gasteiger partial charge in [0.1, 0.15) is 0 Å². The number of amides is 1. The molecule has 0 bridgehead atoms. The van der Waals surface area contributed by atoms with Crippen molar-refractivity contribution in [2.24, 2.45) is 5.92 Å². The molecule has 1 aromatic rings. The second-order valence-corrected chi connectivity index (χ2v) is 5.50. The summed E-state index contributed by atoms with van der Waals surface area (Å²) in [5, 5.41) is 7.19. The fourth-order valence-electron chi connectivity index (χ4n) is 2.53. The SMILES string of the molecule is Cc1ccnn1CCNC(=O)CC1CCN(C)CC1. The zero-order valence-electron chi connectivity index (χ0n) is 11.9. The summed E-state index contributed by atoms with van der Waals surface area (Å²) < 4.78 is 1.91. The lowest BCUT2D eigenvalue weighted by atomic mass is 9.93. The summed E-state index contributed by atoms with van der Waals surface area (Å²) in [4.78, 5) is 14.2. The van der Waals surface area contributed by atoms with Crippen LogP contribution in [0.4, 0.5) is 0 Å². The molecular weight excluding hydrogens is 240 g/mol. The number of hydrogen-bond donors (Lipinski definition) is 1. The summed E-state index contributed by atoms with van der Waals surface area (Å²) in [6.45, 7) is 5.66. The molecule has 0 saturated carbocycles. The fraction of sp³-hybridized carbons (Fsp3) is 0.714. The molecule has 1 aliphatic heterocycles. The highest BCUT2D eigenvalue weighted by Gasteiger charge is 2.19. The van der Waals surface area contributed by atoms with Gasteiger partial charge in [0, 0.05) is 24.9 Å². The molecule has 0 aromatic carbocycles. The highest BCUT2D eigenvalue weighted by molar-refractivity contribution is 5.76. The van der Waals surface area contributed by atoms with Crippen LogP contribution in [0.2, 0.25) is 0 Å². The quantitative estimate of drug-likeness (QED) is 0.864. The van der Waals surface area contributed by atoms with Gasteiger partial charge in [0.15, 0.2) is 0 Å². The normalized spacial score (nSPS) is 17.6. The Balaban J connectivity index is 1.63. The number of aryl methyl sites for hydroxylation is 1. The molecule has 1 aromatic heterocycles. The molecule has 0 spiro atoms. The Hall–Kier alpha value is -1.36. The molecule has 1 saturated heterocycles. The number of piperidine rings is 1. The number of hydrogen-bond acceptors (Lipinski definition) is 3. The van der Waals surface area contributed by atoms with E-state index in [1.54, 1.807) is 6.20 Å². The number of likely N-dealkylation sites (tertiary alicyclic amines) is 1. The molecule has 2 rings (SSSR count). The number of rotatable bonds is 5. The van der Waals surface area contributed by atoms with Crippen LogP contribution in [0.1, 0.15) is 25.0 Å². The molecule has 0 unspecified atom stereocenters. The topological polar surface area (TPSA) is 50.2 Å². The van der Waals surface area contributed by atoms with Crippen molar-refractivity contribution in [2.75, 3.05) is 26.7 Å². The number of carbonyl (C=O) groups excluding carboxylic acids is 1. The third kappa shape index (κ3) is 4.35. The van der Waals surface area contributed by atoms with Crippen LogP contribution < -0.4 is 5.32 Å². The molecule has 0 radical (unpaired) electrons. The predicted molar refractivity (Wildman–Crippen MR) is 74.8 cm³/mol. The van der Waals surface area contributed by atoms with E-state index >= 15 is 0 Å². The Bertz CT molecular complexity index is 407. The van der Waals surface area contributed by atoms with Gasteiger partial charge in [-0.05, 0) is 51.9 Å². The monoisotopic (exact) mass is 264 g/mol. The van der Waals surface area contributed by atoms with Crippen molar-refractivity contribution in [3.63, 3.8) is 0 Å². The van der Waals surface area contributed by atoms with Crippen LogP contribution in [-0.4, -0.2) is 47.3 Å². The first-order valence-corrected chi connectivity index (χ1v) is 7.09. The van der Waals surface area contributed by atoms with E-state index in [1.807, 2.05) is 17.7 Å². The van der Waals surface area contributed by atoms with Crippen molar-refractivity contribution in [3.05, 3.63) is 18.0 Å². The van der Waals surface area contributed by atoms with E-state index < -0.39 is 0 Å². The van der Waals surface area contributed by atoms with Gasteiger partial charge in [-0.3, -0.25) is 9.48 Å². The lowest BCUT2D eigenvalue weighted by Gasteiger charge is -2.28. The van der Waals surface area contributed by atoms with E-state index in [4.69, 9.17) is 0 Å². The van der Waals surface area contributed by atoms with Crippen molar-refractivity contribution in [1.82, 2.24) is 20.0 Å². The predicted octanol–water partition coefficient (Wildman–Crippen LogP) is 1.04. The second kappa shape index (κ2) is 6.70. The van der Waals surface area contributed by atoms with Crippen molar-refractivity contribution >= 4 is 5.91 Å².